The molecule has 3 aliphatic rings. The van der Waals surface area contributed by atoms with Crippen LogP contribution in [0.2, 0.25) is 0 Å². The lowest BCUT2D eigenvalue weighted by Gasteiger charge is -2.34. The molecule has 0 saturated carbocycles. The maximum atomic E-state index is 15.8. The number of benzene rings is 1. The van der Waals surface area contributed by atoms with Gasteiger partial charge in [0.25, 0.3) is 5.92 Å². The Balaban J connectivity index is 1.50. The van der Waals surface area contributed by atoms with Gasteiger partial charge in [0.15, 0.2) is 10.8 Å². The first-order valence-electron chi connectivity index (χ1n) is 14.8. The van der Waals surface area contributed by atoms with Crippen molar-refractivity contribution >= 4 is 39.1 Å². The molecule has 0 aliphatic carbocycles. The fraction of sp³-hybridized carbons (Fsp3) is 0.533. The molecule has 2 fully saturated rings. The van der Waals surface area contributed by atoms with Gasteiger partial charge >= 0.3 is 5.97 Å². The summed E-state index contributed by atoms with van der Waals surface area (Å²) >= 11 is 1.30. The summed E-state index contributed by atoms with van der Waals surface area (Å²) in [6.45, 7) is 5.78. The number of alkyl halides is 2. The Kier molecular flexibility index (Phi) is 9.38. The van der Waals surface area contributed by atoms with E-state index in [1.165, 1.54) is 37.3 Å². The Bertz CT molecular complexity index is 1680. The molecule has 1 amide bonds. The van der Waals surface area contributed by atoms with Gasteiger partial charge in [0.2, 0.25) is 15.9 Å². The van der Waals surface area contributed by atoms with E-state index >= 15 is 8.78 Å². The zero-order chi connectivity index (χ0) is 33.6. The number of aromatic nitrogens is 1. The highest BCUT2D eigenvalue weighted by atomic mass is 32.2. The van der Waals surface area contributed by atoms with E-state index in [4.69, 9.17) is 9.73 Å². The Morgan fingerprint density at radius 2 is 2.00 bits per heavy atom. The average molecular weight is 683 g/mol. The molecule has 3 aliphatic heterocycles. The minimum absolute atomic E-state index is 0.0532. The number of carbonyl (C=O) groups is 2. The van der Waals surface area contributed by atoms with Crippen molar-refractivity contribution in [1.29, 1.82) is 0 Å². The molecular formula is C30H37F3N6O5S2. The number of thiazole rings is 1. The van der Waals surface area contributed by atoms with Crippen LogP contribution in [0.25, 0.3) is 0 Å². The molecule has 2 saturated heterocycles. The quantitative estimate of drug-likeness (QED) is 0.363. The number of halogens is 3. The van der Waals surface area contributed by atoms with Gasteiger partial charge in [-0.1, -0.05) is 12.1 Å². The summed E-state index contributed by atoms with van der Waals surface area (Å²) in [7, 11) is -3.83. The number of nitrogens with one attached hydrogen (secondary N) is 2. The summed E-state index contributed by atoms with van der Waals surface area (Å²) in [6, 6.07) is 1.63. The molecule has 250 valence electrons. The molecule has 11 nitrogen and oxygen atoms in total. The summed E-state index contributed by atoms with van der Waals surface area (Å²) in [5.41, 5.74) is -0.158. The Hall–Kier alpha value is -3.34. The van der Waals surface area contributed by atoms with E-state index in [2.05, 4.69) is 10.3 Å². The van der Waals surface area contributed by atoms with Crippen LogP contribution in [0.5, 0.6) is 0 Å². The van der Waals surface area contributed by atoms with E-state index < -0.39 is 63.7 Å². The van der Waals surface area contributed by atoms with Crippen LogP contribution in [-0.2, 0) is 24.3 Å². The minimum atomic E-state index is -3.83. The Labute approximate surface area is 270 Å². The van der Waals surface area contributed by atoms with Crippen molar-refractivity contribution in [2.45, 2.75) is 58.2 Å². The van der Waals surface area contributed by atoms with Gasteiger partial charge in [0, 0.05) is 43.0 Å². The highest BCUT2D eigenvalue weighted by Crippen LogP contribution is 2.44. The van der Waals surface area contributed by atoms with Gasteiger partial charge in [-0.15, -0.1) is 11.3 Å². The van der Waals surface area contributed by atoms with E-state index in [0.29, 0.717) is 34.1 Å². The minimum Gasteiger partial charge on any atom is -0.463 e. The third-order valence-corrected chi connectivity index (χ3v) is 9.83. The zero-order valence-electron chi connectivity index (χ0n) is 26.1. The lowest BCUT2D eigenvalue weighted by Crippen LogP contribution is -2.52. The van der Waals surface area contributed by atoms with Crippen LogP contribution >= 0.6 is 11.3 Å². The van der Waals surface area contributed by atoms with Crippen LogP contribution in [0.3, 0.4) is 0 Å². The third-order valence-electron chi connectivity index (χ3n) is 8.50. The van der Waals surface area contributed by atoms with Crippen LogP contribution in [0.15, 0.2) is 46.0 Å². The normalized spacial score (nSPS) is 23.6. The van der Waals surface area contributed by atoms with Gasteiger partial charge in [-0.05, 0) is 51.3 Å². The highest BCUT2D eigenvalue weighted by Gasteiger charge is 2.60. The second-order valence-electron chi connectivity index (χ2n) is 12.4. The second kappa shape index (κ2) is 12.7. The van der Waals surface area contributed by atoms with Gasteiger partial charge in [-0.2, -0.15) is 0 Å². The summed E-state index contributed by atoms with van der Waals surface area (Å²) in [4.78, 5) is 38.5. The molecular weight excluding hydrogens is 645 g/mol. The van der Waals surface area contributed by atoms with E-state index in [-0.39, 0.29) is 31.8 Å². The smallest absolute Gasteiger partial charge is 0.338 e. The molecule has 16 heteroatoms. The molecule has 3 unspecified atom stereocenters. The largest absolute Gasteiger partial charge is 0.463 e. The first-order valence-corrected chi connectivity index (χ1v) is 17.6. The van der Waals surface area contributed by atoms with Crippen LogP contribution in [0.1, 0.15) is 49.4 Å². The fourth-order valence-corrected chi connectivity index (χ4v) is 7.66. The summed E-state index contributed by atoms with van der Waals surface area (Å²) in [5.74, 6) is -4.82. The number of hydrogen-bond acceptors (Lipinski definition) is 11. The number of sulfonamides is 1. The van der Waals surface area contributed by atoms with Gasteiger partial charge in [0.05, 0.1) is 36.4 Å². The van der Waals surface area contributed by atoms with Gasteiger partial charge < -0.3 is 10.1 Å². The molecule has 2 aromatic rings. The number of nitrogens with zero attached hydrogens (tertiary/aromatic N) is 4. The fourth-order valence-electron chi connectivity index (χ4n) is 6.45. The second-order valence-corrected chi connectivity index (χ2v) is 15.1. The molecule has 46 heavy (non-hydrogen) atoms. The summed E-state index contributed by atoms with van der Waals surface area (Å²) in [6.07, 6.45) is 2.80. The van der Waals surface area contributed by atoms with E-state index in [9.17, 15) is 22.4 Å². The molecule has 4 heterocycles. The van der Waals surface area contributed by atoms with Crippen LogP contribution in [0, 0.1) is 18.2 Å². The predicted octanol–water partition coefficient (Wildman–Crippen LogP) is 2.99. The SMILES string of the molecule is CCOC(=O)C1=C(CN2CC(F)(F)C3C2CCN3CC(C)(C)C(=O)NS(C)(=O)=O)NC(c2nccs2)=NC1c1cccc(F)c1C. The first-order chi connectivity index (χ1) is 21.5. The van der Waals surface area contributed by atoms with E-state index in [1.807, 2.05) is 4.72 Å². The van der Waals surface area contributed by atoms with Crippen LogP contribution < -0.4 is 10.0 Å². The molecule has 1 aromatic heterocycles. The zero-order valence-corrected chi connectivity index (χ0v) is 27.8. The predicted molar refractivity (Wildman–Crippen MR) is 166 cm³/mol. The number of hydrogen-bond donors (Lipinski definition) is 2. The van der Waals surface area contributed by atoms with Gasteiger partial charge in [0.1, 0.15) is 11.9 Å². The van der Waals surface area contributed by atoms with Crippen molar-refractivity contribution in [2.24, 2.45) is 10.4 Å². The van der Waals surface area contributed by atoms with E-state index in [1.54, 1.807) is 41.3 Å². The molecule has 0 bridgehead atoms. The number of esters is 1. The number of amidine groups is 1. The number of aliphatic imine (C=N–C) groups is 1. The number of likely N-dealkylation sites (tertiary alicyclic amines) is 2. The Morgan fingerprint density at radius 1 is 1.26 bits per heavy atom. The van der Waals surface area contributed by atoms with Crippen LogP contribution in [0.4, 0.5) is 13.2 Å². The number of rotatable bonds is 10. The molecule has 0 spiro atoms. The maximum absolute atomic E-state index is 15.8. The number of ether oxygens (including phenoxy) is 1. The summed E-state index contributed by atoms with van der Waals surface area (Å²) < 4.78 is 77.1. The van der Waals surface area contributed by atoms with Crippen molar-refractivity contribution in [2.75, 3.05) is 39.0 Å². The standard InChI is InChI=1S/C30H37F3N6O5S2/c1-6-44-27(40)22-20(35-25(26-34-11-13-45-26)36-23(22)18-8-7-9-19(31)17(18)2)14-39-16-30(32,33)24-21(39)10-12-38(24)15-29(3,4)28(41)37-46(5,42)43/h7-9,11,13,21,23-24H,6,10,12,14-16H2,1-5H3,(H,35,36)(H,37,41). The van der Waals surface area contributed by atoms with Gasteiger partial charge in [-0.25, -0.2) is 31.4 Å². The molecule has 3 atom stereocenters. The summed E-state index contributed by atoms with van der Waals surface area (Å²) in [5, 5.41) is 5.43. The number of amides is 1. The average Bonchev–Trinajstić information content (AvgIpc) is 3.68. The lowest BCUT2D eigenvalue weighted by atomic mass is 9.91. The number of carbonyl (C=O) groups excluding carboxylic acids is 2. The molecule has 5 rings (SSSR count). The van der Waals surface area contributed by atoms with Crippen molar-refractivity contribution in [3.8, 4) is 0 Å². The maximum Gasteiger partial charge on any atom is 0.338 e. The topological polar surface area (TPSA) is 133 Å². The number of fused-ring (bicyclic) bond motifs is 1. The third kappa shape index (κ3) is 6.85. The first kappa shape index (κ1) is 34.0. The molecule has 0 radical (unpaired) electrons. The van der Waals surface area contributed by atoms with Crippen molar-refractivity contribution in [3.63, 3.8) is 0 Å². The van der Waals surface area contributed by atoms with E-state index in [0.717, 1.165) is 6.26 Å². The van der Waals surface area contributed by atoms with Crippen molar-refractivity contribution < 1.29 is 35.9 Å². The highest BCUT2D eigenvalue weighted by molar-refractivity contribution is 7.89. The monoisotopic (exact) mass is 682 g/mol. The molecule has 1 aromatic carbocycles. The lowest BCUT2D eigenvalue weighted by molar-refractivity contribution is -0.139. The molecule has 2 N–H and O–H groups in total. The van der Waals surface area contributed by atoms with Crippen molar-refractivity contribution in [1.82, 2.24) is 24.8 Å². The van der Waals surface area contributed by atoms with Crippen molar-refractivity contribution in [3.05, 3.63) is 63.0 Å². The Morgan fingerprint density at radius 3 is 2.65 bits per heavy atom. The van der Waals surface area contributed by atoms with Crippen LogP contribution in [-0.4, -0.2) is 98.0 Å². The van der Waals surface area contributed by atoms with Gasteiger partial charge in [-0.3, -0.25) is 24.3 Å².